The van der Waals surface area contributed by atoms with Gasteiger partial charge < -0.3 is 10.4 Å². The van der Waals surface area contributed by atoms with E-state index in [0.717, 1.165) is 5.69 Å². The van der Waals surface area contributed by atoms with Crippen molar-refractivity contribution in [3.8, 4) is 5.75 Å². The van der Waals surface area contributed by atoms with Crippen molar-refractivity contribution in [2.24, 2.45) is 0 Å². The van der Waals surface area contributed by atoms with Gasteiger partial charge in [0.15, 0.2) is 0 Å². The molecule has 1 heterocycles. The number of anilines is 2. The number of hydrogen-bond acceptors (Lipinski definition) is 5. The predicted octanol–water partition coefficient (Wildman–Crippen LogP) is 2.44. The summed E-state index contributed by atoms with van der Waals surface area (Å²) in [5, 5.41) is 22.5. The Morgan fingerprint density at radius 1 is 1.18 bits per heavy atom. The number of nitrogens with one attached hydrogen (secondary N) is 1. The van der Waals surface area contributed by atoms with E-state index in [4.69, 9.17) is 5.11 Å². The monoisotopic (exact) mass is 231 g/mol. The molecule has 0 atom stereocenters. The van der Waals surface area contributed by atoms with Gasteiger partial charge in [-0.1, -0.05) is 0 Å². The Balaban J connectivity index is 2.13. The molecule has 0 amide bonds. The Labute approximate surface area is 96.7 Å². The molecule has 2 aromatic rings. The molecule has 1 aromatic carbocycles. The Hall–Kier alpha value is -2.63. The Morgan fingerprint density at radius 3 is 2.41 bits per heavy atom. The van der Waals surface area contributed by atoms with Crippen molar-refractivity contribution in [2.75, 3.05) is 5.32 Å². The fourth-order valence-electron chi connectivity index (χ4n) is 1.26. The molecule has 1 aromatic heterocycles. The van der Waals surface area contributed by atoms with Crippen LogP contribution in [0.25, 0.3) is 0 Å². The molecule has 6 heteroatoms. The van der Waals surface area contributed by atoms with Crippen molar-refractivity contribution < 1.29 is 10.0 Å². The van der Waals surface area contributed by atoms with Gasteiger partial charge in [0.25, 0.3) is 5.69 Å². The Kier molecular flexibility index (Phi) is 2.87. The van der Waals surface area contributed by atoms with E-state index in [9.17, 15) is 10.1 Å². The van der Waals surface area contributed by atoms with Crippen molar-refractivity contribution in [3.63, 3.8) is 0 Å². The highest BCUT2D eigenvalue weighted by Gasteiger charge is 2.05. The van der Waals surface area contributed by atoms with Gasteiger partial charge in [-0.15, -0.1) is 0 Å². The summed E-state index contributed by atoms with van der Waals surface area (Å²) < 4.78 is 0. The van der Waals surface area contributed by atoms with Gasteiger partial charge in [0.1, 0.15) is 17.8 Å². The van der Waals surface area contributed by atoms with Crippen LogP contribution in [0.5, 0.6) is 5.75 Å². The average Bonchev–Trinajstić information content (AvgIpc) is 2.33. The molecular formula is C11H9N3O3. The molecule has 2 N–H and O–H groups in total. The highest BCUT2D eigenvalue weighted by Crippen LogP contribution is 2.19. The molecule has 0 unspecified atom stereocenters. The number of rotatable bonds is 3. The van der Waals surface area contributed by atoms with Crippen LogP contribution in [0.3, 0.4) is 0 Å². The zero-order valence-corrected chi connectivity index (χ0v) is 8.70. The maximum Gasteiger partial charge on any atom is 0.287 e. The number of phenolic OH excluding ortho intramolecular Hbond substituents is 1. The molecule has 6 nitrogen and oxygen atoms in total. The third kappa shape index (κ3) is 2.69. The highest BCUT2D eigenvalue weighted by molar-refractivity contribution is 5.57. The number of nitrogens with zero attached hydrogens (tertiary/aromatic N) is 2. The van der Waals surface area contributed by atoms with Crippen LogP contribution in [0.4, 0.5) is 17.2 Å². The minimum absolute atomic E-state index is 0.0544. The fraction of sp³-hybridized carbons (Fsp3) is 0. The van der Waals surface area contributed by atoms with Crippen LogP contribution in [-0.2, 0) is 0 Å². The number of aromatic hydroxyl groups is 1. The Morgan fingerprint density at radius 2 is 1.88 bits per heavy atom. The van der Waals surface area contributed by atoms with Crippen LogP contribution in [0, 0.1) is 10.1 Å². The van der Waals surface area contributed by atoms with E-state index in [1.807, 2.05) is 0 Å². The molecule has 0 aliphatic heterocycles. The summed E-state index contributed by atoms with van der Waals surface area (Å²) in [5.41, 5.74) is 0.686. The molecule has 0 aliphatic carbocycles. The van der Waals surface area contributed by atoms with Crippen LogP contribution in [-0.4, -0.2) is 15.0 Å². The molecule has 0 bridgehead atoms. The summed E-state index contributed by atoms with van der Waals surface area (Å²) in [6.45, 7) is 0. The highest BCUT2D eigenvalue weighted by atomic mass is 16.6. The van der Waals surface area contributed by atoms with Gasteiger partial charge in [0.05, 0.1) is 4.92 Å². The summed E-state index contributed by atoms with van der Waals surface area (Å²) in [5.74, 6) is 0.675. The first-order chi connectivity index (χ1) is 8.15. The largest absolute Gasteiger partial charge is 0.508 e. The summed E-state index contributed by atoms with van der Waals surface area (Å²) in [7, 11) is 0. The van der Waals surface area contributed by atoms with Crippen molar-refractivity contribution in [3.05, 3.63) is 52.7 Å². The first kappa shape index (κ1) is 10.9. The van der Waals surface area contributed by atoms with Crippen LogP contribution in [0.15, 0.2) is 42.6 Å². The molecule has 0 saturated carbocycles. The van der Waals surface area contributed by atoms with Crippen molar-refractivity contribution in [2.45, 2.75) is 0 Å². The van der Waals surface area contributed by atoms with E-state index in [1.165, 1.54) is 30.5 Å². The maximum atomic E-state index is 10.4. The van der Waals surface area contributed by atoms with Gasteiger partial charge in [-0.25, -0.2) is 4.98 Å². The number of pyridine rings is 1. The predicted molar refractivity (Wildman–Crippen MR) is 62.3 cm³/mol. The van der Waals surface area contributed by atoms with E-state index in [2.05, 4.69) is 10.3 Å². The van der Waals surface area contributed by atoms with Gasteiger partial charge in [-0.05, 0) is 30.3 Å². The zero-order valence-electron chi connectivity index (χ0n) is 8.70. The lowest BCUT2D eigenvalue weighted by Crippen LogP contribution is -1.94. The molecular weight excluding hydrogens is 222 g/mol. The lowest BCUT2D eigenvalue weighted by Gasteiger charge is -2.04. The van der Waals surface area contributed by atoms with Crippen molar-refractivity contribution >= 4 is 17.2 Å². The Bertz CT molecular complexity index is 523. The summed E-state index contributed by atoms with van der Waals surface area (Å²) in [4.78, 5) is 13.8. The molecule has 0 aliphatic rings. The number of phenols is 1. The number of aromatic nitrogens is 1. The molecule has 0 saturated heterocycles. The summed E-state index contributed by atoms with van der Waals surface area (Å²) in [6, 6.07) is 9.32. The lowest BCUT2D eigenvalue weighted by atomic mass is 10.3. The lowest BCUT2D eigenvalue weighted by molar-refractivity contribution is -0.385. The van der Waals surface area contributed by atoms with E-state index in [0.29, 0.717) is 5.82 Å². The third-order valence-corrected chi connectivity index (χ3v) is 2.10. The van der Waals surface area contributed by atoms with Gasteiger partial charge in [-0.3, -0.25) is 10.1 Å². The minimum atomic E-state index is -0.503. The number of benzene rings is 1. The second-order valence-corrected chi connectivity index (χ2v) is 3.33. The molecule has 2 rings (SSSR count). The standard InChI is InChI=1S/C11H9N3O3/c15-10-4-1-8(2-5-10)13-11-6-3-9(7-12-11)14(16)17/h1-7,15H,(H,12,13). The van der Waals surface area contributed by atoms with E-state index in [-0.39, 0.29) is 11.4 Å². The molecule has 86 valence electrons. The SMILES string of the molecule is O=[N+]([O-])c1ccc(Nc2ccc(O)cc2)nc1. The fourth-order valence-corrected chi connectivity index (χ4v) is 1.26. The molecule has 0 spiro atoms. The number of hydrogen-bond donors (Lipinski definition) is 2. The quantitative estimate of drug-likeness (QED) is 0.481. The van der Waals surface area contributed by atoms with Crippen LogP contribution in [0.1, 0.15) is 0 Å². The van der Waals surface area contributed by atoms with E-state index < -0.39 is 4.92 Å². The molecule has 0 radical (unpaired) electrons. The average molecular weight is 231 g/mol. The minimum Gasteiger partial charge on any atom is -0.508 e. The van der Waals surface area contributed by atoms with Crippen molar-refractivity contribution in [1.82, 2.24) is 4.98 Å². The van der Waals surface area contributed by atoms with Crippen molar-refractivity contribution in [1.29, 1.82) is 0 Å². The smallest absolute Gasteiger partial charge is 0.287 e. The van der Waals surface area contributed by atoms with Crippen LogP contribution >= 0.6 is 0 Å². The maximum absolute atomic E-state index is 10.4. The van der Waals surface area contributed by atoms with Crippen LogP contribution < -0.4 is 5.32 Å². The van der Waals surface area contributed by atoms with E-state index >= 15 is 0 Å². The third-order valence-electron chi connectivity index (χ3n) is 2.10. The van der Waals surface area contributed by atoms with Gasteiger partial charge in [0, 0.05) is 11.8 Å². The topological polar surface area (TPSA) is 88.3 Å². The summed E-state index contributed by atoms with van der Waals surface area (Å²) >= 11 is 0. The van der Waals surface area contributed by atoms with E-state index in [1.54, 1.807) is 12.1 Å². The van der Waals surface area contributed by atoms with Gasteiger partial charge in [-0.2, -0.15) is 0 Å². The summed E-state index contributed by atoms with van der Waals surface area (Å²) in [6.07, 6.45) is 1.18. The zero-order chi connectivity index (χ0) is 12.3. The first-order valence-electron chi connectivity index (χ1n) is 4.81. The van der Waals surface area contributed by atoms with Gasteiger partial charge in [0.2, 0.25) is 0 Å². The van der Waals surface area contributed by atoms with Crippen LogP contribution in [0.2, 0.25) is 0 Å². The van der Waals surface area contributed by atoms with Gasteiger partial charge >= 0.3 is 0 Å². The molecule has 17 heavy (non-hydrogen) atoms. The number of nitro groups is 1. The normalized spacial score (nSPS) is 9.88. The molecule has 0 fully saturated rings. The first-order valence-corrected chi connectivity index (χ1v) is 4.81. The second-order valence-electron chi connectivity index (χ2n) is 3.33. The second kappa shape index (κ2) is 4.48.